The summed E-state index contributed by atoms with van der Waals surface area (Å²) in [5, 5.41) is 16.6. The van der Waals surface area contributed by atoms with E-state index in [4.69, 9.17) is 16.7 Å². The SMILES string of the molecule is C[C@@H](CO)NC(=O)c1cc(-c2ccc(Cl)cc2)nn(-c2cncnc2)c1=O. The number of amides is 1. The highest BCUT2D eigenvalue weighted by molar-refractivity contribution is 6.30. The summed E-state index contributed by atoms with van der Waals surface area (Å²) in [6.07, 6.45) is 4.17. The van der Waals surface area contributed by atoms with Gasteiger partial charge in [0.25, 0.3) is 11.5 Å². The zero-order valence-corrected chi connectivity index (χ0v) is 15.1. The summed E-state index contributed by atoms with van der Waals surface area (Å²) in [7, 11) is 0. The largest absolute Gasteiger partial charge is 0.394 e. The van der Waals surface area contributed by atoms with E-state index in [1.165, 1.54) is 24.8 Å². The second-order valence-corrected chi connectivity index (χ2v) is 6.26. The zero-order valence-electron chi connectivity index (χ0n) is 14.3. The van der Waals surface area contributed by atoms with Crippen LogP contribution in [0.1, 0.15) is 17.3 Å². The van der Waals surface area contributed by atoms with E-state index in [2.05, 4.69) is 20.4 Å². The van der Waals surface area contributed by atoms with Gasteiger partial charge in [-0.2, -0.15) is 9.78 Å². The molecule has 1 atom stereocenters. The first-order valence-corrected chi connectivity index (χ1v) is 8.45. The quantitative estimate of drug-likeness (QED) is 0.688. The lowest BCUT2D eigenvalue weighted by Gasteiger charge is -2.13. The van der Waals surface area contributed by atoms with Crippen LogP contribution in [0.25, 0.3) is 16.9 Å². The van der Waals surface area contributed by atoms with Gasteiger partial charge in [0.15, 0.2) is 0 Å². The Morgan fingerprint density at radius 3 is 2.56 bits per heavy atom. The van der Waals surface area contributed by atoms with Crippen LogP contribution in [0, 0.1) is 0 Å². The molecule has 0 radical (unpaired) electrons. The van der Waals surface area contributed by atoms with Crippen molar-refractivity contribution in [2.75, 3.05) is 6.61 Å². The van der Waals surface area contributed by atoms with Crippen LogP contribution in [-0.2, 0) is 0 Å². The molecule has 0 aliphatic rings. The van der Waals surface area contributed by atoms with Crippen molar-refractivity contribution < 1.29 is 9.90 Å². The van der Waals surface area contributed by atoms with Crippen molar-refractivity contribution in [2.24, 2.45) is 0 Å². The van der Waals surface area contributed by atoms with Crippen molar-refractivity contribution in [3.05, 3.63) is 70.0 Å². The second-order valence-electron chi connectivity index (χ2n) is 5.82. The molecule has 0 bridgehead atoms. The van der Waals surface area contributed by atoms with Gasteiger partial charge in [-0.15, -0.1) is 0 Å². The first-order valence-electron chi connectivity index (χ1n) is 8.07. The van der Waals surface area contributed by atoms with Crippen LogP contribution in [0.4, 0.5) is 0 Å². The lowest BCUT2D eigenvalue weighted by Crippen LogP contribution is -2.39. The fourth-order valence-corrected chi connectivity index (χ4v) is 2.47. The van der Waals surface area contributed by atoms with Gasteiger partial charge in [-0.1, -0.05) is 23.7 Å². The maximum atomic E-state index is 12.8. The number of rotatable bonds is 5. The zero-order chi connectivity index (χ0) is 19.4. The number of nitrogens with zero attached hydrogens (tertiary/aromatic N) is 4. The van der Waals surface area contributed by atoms with Gasteiger partial charge >= 0.3 is 0 Å². The molecule has 27 heavy (non-hydrogen) atoms. The Balaban J connectivity index is 2.17. The van der Waals surface area contributed by atoms with Gasteiger partial charge < -0.3 is 10.4 Å². The Bertz CT molecular complexity index is 1010. The molecular formula is C18H16ClN5O3. The highest BCUT2D eigenvalue weighted by Gasteiger charge is 2.19. The van der Waals surface area contributed by atoms with Gasteiger partial charge in [0.1, 0.15) is 17.6 Å². The molecule has 138 valence electrons. The van der Waals surface area contributed by atoms with E-state index in [9.17, 15) is 9.59 Å². The lowest BCUT2D eigenvalue weighted by molar-refractivity contribution is 0.0920. The number of aromatic nitrogens is 4. The molecule has 8 nitrogen and oxygen atoms in total. The topological polar surface area (TPSA) is 110 Å². The number of carbonyl (C=O) groups excluding carboxylic acids is 1. The number of nitrogens with one attached hydrogen (secondary N) is 1. The lowest BCUT2D eigenvalue weighted by atomic mass is 10.1. The summed E-state index contributed by atoms with van der Waals surface area (Å²) in [4.78, 5) is 33.1. The summed E-state index contributed by atoms with van der Waals surface area (Å²) in [5.41, 5.74) is 0.665. The molecule has 0 saturated carbocycles. The minimum Gasteiger partial charge on any atom is -0.394 e. The number of hydrogen-bond donors (Lipinski definition) is 2. The van der Waals surface area contributed by atoms with Crippen LogP contribution in [-0.4, -0.2) is 43.4 Å². The minimum atomic E-state index is -0.620. The molecule has 0 saturated heterocycles. The molecule has 1 aromatic carbocycles. The molecule has 0 aliphatic carbocycles. The molecule has 9 heteroatoms. The van der Waals surface area contributed by atoms with E-state index in [0.717, 1.165) is 4.68 Å². The monoisotopic (exact) mass is 385 g/mol. The Labute approximate surface area is 159 Å². The van der Waals surface area contributed by atoms with Crippen molar-refractivity contribution in [3.63, 3.8) is 0 Å². The van der Waals surface area contributed by atoms with Crippen LogP contribution < -0.4 is 10.9 Å². The third kappa shape index (κ3) is 4.18. The van der Waals surface area contributed by atoms with Gasteiger partial charge in [-0.25, -0.2) is 9.97 Å². The standard InChI is InChI=1S/C18H16ClN5O3/c1-11(9-25)22-17(26)15-6-16(12-2-4-13(19)5-3-12)23-24(18(15)27)14-7-20-10-21-8-14/h2-8,10-11,25H,9H2,1H3,(H,22,26)/t11-/m0/s1. The summed E-state index contributed by atoms with van der Waals surface area (Å²) in [5.74, 6) is -0.607. The molecule has 2 N–H and O–H groups in total. The van der Waals surface area contributed by atoms with Gasteiger partial charge in [0.05, 0.1) is 24.7 Å². The van der Waals surface area contributed by atoms with Crippen LogP contribution in [0.2, 0.25) is 5.02 Å². The van der Waals surface area contributed by atoms with Gasteiger partial charge in [0, 0.05) is 16.6 Å². The van der Waals surface area contributed by atoms with E-state index in [-0.39, 0.29) is 12.2 Å². The summed E-state index contributed by atoms with van der Waals surface area (Å²) in [6.45, 7) is 1.38. The van der Waals surface area contributed by atoms with Gasteiger partial charge in [0.2, 0.25) is 0 Å². The summed E-state index contributed by atoms with van der Waals surface area (Å²) < 4.78 is 1.07. The number of aliphatic hydroxyl groups is 1. The van der Waals surface area contributed by atoms with E-state index >= 15 is 0 Å². The van der Waals surface area contributed by atoms with Crippen LogP contribution >= 0.6 is 11.6 Å². The molecule has 3 rings (SSSR count). The number of aliphatic hydroxyl groups excluding tert-OH is 1. The first kappa shape index (κ1) is 18.7. The van der Waals surface area contributed by atoms with E-state index in [1.807, 2.05) is 0 Å². The molecule has 0 unspecified atom stereocenters. The Hall–Kier alpha value is -3.10. The fourth-order valence-electron chi connectivity index (χ4n) is 2.34. The van der Waals surface area contributed by atoms with E-state index < -0.39 is 17.5 Å². The Morgan fingerprint density at radius 2 is 1.93 bits per heavy atom. The maximum absolute atomic E-state index is 12.8. The number of benzene rings is 1. The molecule has 0 spiro atoms. The van der Waals surface area contributed by atoms with Crippen molar-refractivity contribution in [3.8, 4) is 16.9 Å². The maximum Gasteiger partial charge on any atom is 0.284 e. The highest BCUT2D eigenvalue weighted by Crippen LogP contribution is 2.20. The third-order valence-electron chi connectivity index (χ3n) is 3.74. The van der Waals surface area contributed by atoms with Crippen LogP contribution in [0.5, 0.6) is 0 Å². The van der Waals surface area contributed by atoms with Crippen molar-refractivity contribution in [2.45, 2.75) is 13.0 Å². The molecule has 0 fully saturated rings. The summed E-state index contributed by atoms with van der Waals surface area (Å²) in [6, 6.07) is 7.75. The van der Waals surface area contributed by atoms with Gasteiger partial charge in [-0.3, -0.25) is 9.59 Å². The van der Waals surface area contributed by atoms with Gasteiger partial charge in [-0.05, 0) is 25.1 Å². The Morgan fingerprint density at radius 1 is 1.26 bits per heavy atom. The van der Waals surface area contributed by atoms with Crippen molar-refractivity contribution >= 4 is 17.5 Å². The molecule has 0 aliphatic heterocycles. The predicted molar refractivity (Wildman–Crippen MR) is 99.9 cm³/mol. The van der Waals surface area contributed by atoms with E-state index in [1.54, 1.807) is 31.2 Å². The minimum absolute atomic E-state index is 0.112. The van der Waals surface area contributed by atoms with Crippen molar-refractivity contribution in [1.29, 1.82) is 0 Å². The number of halogens is 1. The van der Waals surface area contributed by atoms with E-state index in [0.29, 0.717) is 22.0 Å². The average Bonchev–Trinajstić information content (AvgIpc) is 2.69. The fraction of sp³-hybridized carbons (Fsp3) is 0.167. The third-order valence-corrected chi connectivity index (χ3v) is 3.99. The first-order chi connectivity index (χ1) is 13.0. The normalized spacial score (nSPS) is 11.8. The molecule has 2 heterocycles. The Kier molecular flexibility index (Phi) is 5.58. The second kappa shape index (κ2) is 8.07. The predicted octanol–water partition coefficient (Wildman–Crippen LogP) is 1.45. The smallest absolute Gasteiger partial charge is 0.284 e. The molecular weight excluding hydrogens is 370 g/mol. The number of hydrogen-bond acceptors (Lipinski definition) is 6. The van der Waals surface area contributed by atoms with Crippen LogP contribution in [0.3, 0.4) is 0 Å². The number of carbonyl (C=O) groups is 1. The average molecular weight is 386 g/mol. The molecule has 2 aromatic heterocycles. The summed E-state index contributed by atoms with van der Waals surface area (Å²) >= 11 is 5.93. The van der Waals surface area contributed by atoms with Crippen molar-refractivity contribution in [1.82, 2.24) is 25.1 Å². The highest BCUT2D eigenvalue weighted by atomic mass is 35.5. The van der Waals surface area contributed by atoms with Crippen LogP contribution in [0.15, 0.2) is 53.8 Å². The molecule has 1 amide bonds. The molecule has 3 aromatic rings.